The van der Waals surface area contributed by atoms with E-state index in [0.29, 0.717) is 0 Å². The van der Waals surface area contributed by atoms with Crippen molar-refractivity contribution in [1.29, 1.82) is 0 Å². The van der Waals surface area contributed by atoms with Gasteiger partial charge < -0.3 is 9.47 Å². The quantitative estimate of drug-likeness (QED) is 0.654. The highest BCUT2D eigenvalue weighted by Crippen LogP contribution is 2.34. The largest absolute Gasteiger partial charge is 0.497 e. The number of hydrogen-bond donors (Lipinski definition) is 2. The molecule has 0 radical (unpaired) electrons. The molecule has 4 heteroatoms. The molecule has 3 rings (SSSR count). The fraction of sp³-hybridized carbons (Fsp3) is 0.294. The summed E-state index contributed by atoms with van der Waals surface area (Å²) in [6.45, 7) is 0.756. The molecular formula is C17H20N2O2. The van der Waals surface area contributed by atoms with Crippen molar-refractivity contribution in [3.05, 3.63) is 59.2 Å². The Morgan fingerprint density at radius 1 is 1.24 bits per heavy atom. The predicted molar refractivity (Wildman–Crippen MR) is 82.4 cm³/mol. The number of nitrogens with two attached hydrogens (primary N) is 1. The second kappa shape index (κ2) is 6.16. The van der Waals surface area contributed by atoms with Crippen molar-refractivity contribution in [1.82, 2.24) is 5.43 Å². The molecule has 0 aliphatic carbocycles. The van der Waals surface area contributed by atoms with Crippen LogP contribution in [0, 0.1) is 0 Å². The molecule has 1 heterocycles. The summed E-state index contributed by atoms with van der Waals surface area (Å²) in [7, 11) is 1.67. The number of hydrogen-bond acceptors (Lipinski definition) is 4. The van der Waals surface area contributed by atoms with Crippen LogP contribution in [0.25, 0.3) is 0 Å². The minimum absolute atomic E-state index is 0.0337. The third-order valence-electron chi connectivity index (χ3n) is 3.92. The summed E-state index contributed by atoms with van der Waals surface area (Å²) >= 11 is 0. The molecule has 1 atom stereocenters. The molecule has 0 spiro atoms. The molecule has 0 aromatic heterocycles. The van der Waals surface area contributed by atoms with Crippen molar-refractivity contribution < 1.29 is 9.47 Å². The summed E-state index contributed by atoms with van der Waals surface area (Å²) < 4.78 is 11.0. The molecule has 1 unspecified atom stereocenters. The minimum atomic E-state index is 0.0337. The number of ether oxygens (including phenoxy) is 2. The summed E-state index contributed by atoms with van der Waals surface area (Å²) in [5.41, 5.74) is 6.51. The van der Waals surface area contributed by atoms with Gasteiger partial charge in [-0.05, 0) is 29.7 Å². The van der Waals surface area contributed by atoms with E-state index in [0.717, 1.165) is 36.5 Å². The van der Waals surface area contributed by atoms with E-state index in [1.807, 2.05) is 12.1 Å². The van der Waals surface area contributed by atoms with Gasteiger partial charge >= 0.3 is 0 Å². The Kier molecular flexibility index (Phi) is 4.08. The topological polar surface area (TPSA) is 56.5 Å². The summed E-state index contributed by atoms with van der Waals surface area (Å²) in [6, 6.07) is 14.4. The molecule has 1 aliphatic heterocycles. The van der Waals surface area contributed by atoms with Crippen LogP contribution in [-0.4, -0.2) is 13.7 Å². The SMILES string of the molecule is COc1ccc(CC(NN)c2cccc3c2OCC3)cc1. The Morgan fingerprint density at radius 2 is 2.05 bits per heavy atom. The van der Waals surface area contributed by atoms with Crippen molar-refractivity contribution in [2.45, 2.75) is 18.9 Å². The molecule has 4 nitrogen and oxygen atoms in total. The number of hydrazine groups is 1. The van der Waals surface area contributed by atoms with Crippen LogP contribution in [-0.2, 0) is 12.8 Å². The normalized spacial score (nSPS) is 14.4. The molecule has 3 N–H and O–H groups in total. The van der Waals surface area contributed by atoms with Crippen LogP contribution in [0.5, 0.6) is 11.5 Å². The molecular weight excluding hydrogens is 264 g/mol. The Bertz CT molecular complexity index is 611. The van der Waals surface area contributed by atoms with Crippen molar-refractivity contribution >= 4 is 0 Å². The van der Waals surface area contributed by atoms with E-state index in [1.165, 1.54) is 11.1 Å². The summed E-state index contributed by atoms with van der Waals surface area (Å²) in [5.74, 6) is 7.63. The second-order valence-electron chi connectivity index (χ2n) is 5.21. The van der Waals surface area contributed by atoms with Crippen LogP contribution in [0.4, 0.5) is 0 Å². The maximum Gasteiger partial charge on any atom is 0.127 e. The Hall–Kier alpha value is -2.04. The smallest absolute Gasteiger partial charge is 0.127 e. The monoisotopic (exact) mass is 284 g/mol. The Labute approximate surface area is 124 Å². The van der Waals surface area contributed by atoms with Crippen LogP contribution in [0.2, 0.25) is 0 Å². The van der Waals surface area contributed by atoms with Gasteiger partial charge in [-0.25, -0.2) is 0 Å². The molecule has 1 aliphatic rings. The fourth-order valence-corrected chi connectivity index (χ4v) is 2.77. The first-order valence-electron chi connectivity index (χ1n) is 7.15. The zero-order valence-corrected chi connectivity index (χ0v) is 12.1. The summed E-state index contributed by atoms with van der Waals surface area (Å²) in [4.78, 5) is 0. The van der Waals surface area contributed by atoms with Gasteiger partial charge in [0.15, 0.2) is 0 Å². The van der Waals surface area contributed by atoms with Gasteiger partial charge in [0.05, 0.1) is 19.8 Å². The van der Waals surface area contributed by atoms with Gasteiger partial charge in [0.2, 0.25) is 0 Å². The lowest BCUT2D eigenvalue weighted by atomic mass is 9.96. The van der Waals surface area contributed by atoms with E-state index < -0.39 is 0 Å². The lowest BCUT2D eigenvalue weighted by molar-refractivity contribution is 0.348. The van der Waals surface area contributed by atoms with Gasteiger partial charge in [0, 0.05) is 12.0 Å². The molecule has 0 bridgehead atoms. The molecule has 110 valence electrons. The number of benzene rings is 2. The second-order valence-corrected chi connectivity index (χ2v) is 5.21. The third-order valence-corrected chi connectivity index (χ3v) is 3.92. The molecule has 0 saturated carbocycles. The van der Waals surface area contributed by atoms with Gasteiger partial charge in [-0.1, -0.05) is 30.3 Å². The van der Waals surface area contributed by atoms with Gasteiger partial charge in [0.1, 0.15) is 11.5 Å². The van der Waals surface area contributed by atoms with E-state index in [1.54, 1.807) is 7.11 Å². The fourth-order valence-electron chi connectivity index (χ4n) is 2.77. The van der Waals surface area contributed by atoms with Gasteiger partial charge in [-0.2, -0.15) is 0 Å². The Balaban J connectivity index is 1.83. The number of para-hydroxylation sites is 1. The van der Waals surface area contributed by atoms with Crippen molar-refractivity contribution in [3.63, 3.8) is 0 Å². The highest BCUT2D eigenvalue weighted by Gasteiger charge is 2.21. The molecule has 2 aromatic carbocycles. The lowest BCUT2D eigenvalue weighted by Crippen LogP contribution is -2.29. The van der Waals surface area contributed by atoms with E-state index in [9.17, 15) is 0 Å². The van der Waals surface area contributed by atoms with Crippen LogP contribution in [0.1, 0.15) is 22.7 Å². The first kappa shape index (κ1) is 13.9. The van der Waals surface area contributed by atoms with Crippen LogP contribution in [0.3, 0.4) is 0 Å². The van der Waals surface area contributed by atoms with E-state index >= 15 is 0 Å². The summed E-state index contributed by atoms with van der Waals surface area (Å²) in [6.07, 6.45) is 1.78. The average Bonchev–Trinajstić information content (AvgIpc) is 3.02. The van der Waals surface area contributed by atoms with Crippen molar-refractivity contribution in [2.24, 2.45) is 5.84 Å². The zero-order chi connectivity index (χ0) is 14.7. The van der Waals surface area contributed by atoms with Gasteiger partial charge in [0.25, 0.3) is 0 Å². The van der Waals surface area contributed by atoms with Crippen LogP contribution < -0.4 is 20.7 Å². The zero-order valence-electron chi connectivity index (χ0n) is 12.1. The van der Waals surface area contributed by atoms with E-state index in [2.05, 4.69) is 35.8 Å². The highest BCUT2D eigenvalue weighted by atomic mass is 16.5. The first-order chi connectivity index (χ1) is 10.3. The summed E-state index contributed by atoms with van der Waals surface area (Å²) in [5, 5.41) is 0. The first-order valence-corrected chi connectivity index (χ1v) is 7.15. The number of fused-ring (bicyclic) bond motifs is 1. The molecule has 2 aromatic rings. The molecule has 0 saturated heterocycles. The minimum Gasteiger partial charge on any atom is -0.497 e. The van der Waals surface area contributed by atoms with E-state index in [-0.39, 0.29) is 6.04 Å². The standard InChI is InChI=1S/C17H20N2O2/c1-20-14-7-5-12(6-8-14)11-16(19-18)15-4-2-3-13-9-10-21-17(13)15/h2-8,16,19H,9-11,18H2,1H3. The number of rotatable bonds is 5. The van der Waals surface area contributed by atoms with Crippen LogP contribution in [0.15, 0.2) is 42.5 Å². The average molecular weight is 284 g/mol. The molecule has 0 amide bonds. The maximum atomic E-state index is 5.77. The van der Waals surface area contributed by atoms with Crippen molar-refractivity contribution in [3.8, 4) is 11.5 Å². The molecule has 0 fully saturated rings. The number of nitrogens with one attached hydrogen (secondary N) is 1. The van der Waals surface area contributed by atoms with E-state index in [4.69, 9.17) is 15.3 Å². The predicted octanol–water partition coefficient (Wildman–Crippen LogP) is 2.38. The number of methoxy groups -OCH3 is 1. The highest BCUT2D eigenvalue weighted by molar-refractivity contribution is 5.46. The molecule has 21 heavy (non-hydrogen) atoms. The lowest BCUT2D eigenvalue weighted by Gasteiger charge is -2.19. The van der Waals surface area contributed by atoms with Gasteiger partial charge in [-0.15, -0.1) is 0 Å². The maximum absolute atomic E-state index is 5.77. The van der Waals surface area contributed by atoms with Crippen LogP contribution >= 0.6 is 0 Å². The van der Waals surface area contributed by atoms with Gasteiger partial charge in [-0.3, -0.25) is 11.3 Å². The van der Waals surface area contributed by atoms with Crippen molar-refractivity contribution in [2.75, 3.05) is 13.7 Å². The third kappa shape index (κ3) is 2.86. The Morgan fingerprint density at radius 3 is 2.76 bits per heavy atom.